The van der Waals surface area contributed by atoms with E-state index in [2.05, 4.69) is 0 Å². The van der Waals surface area contributed by atoms with Crippen molar-refractivity contribution in [1.29, 1.82) is 0 Å². The molecule has 4 nitrogen and oxygen atoms in total. The predicted molar refractivity (Wildman–Crippen MR) is 84.3 cm³/mol. The lowest BCUT2D eigenvalue weighted by molar-refractivity contribution is 0.0753. The first-order chi connectivity index (χ1) is 10.2. The molecule has 0 bridgehead atoms. The summed E-state index contributed by atoms with van der Waals surface area (Å²) in [6.07, 6.45) is 0. The Morgan fingerprint density at radius 3 is 2.48 bits per heavy atom. The fourth-order valence-electron chi connectivity index (χ4n) is 2.16. The number of benzene rings is 2. The van der Waals surface area contributed by atoms with Gasteiger partial charge in [0, 0.05) is 24.8 Å². The minimum absolute atomic E-state index is 0.0680. The largest absolute Gasteiger partial charge is 0.497 e. The third kappa shape index (κ3) is 3.54. The summed E-state index contributed by atoms with van der Waals surface area (Å²) in [5.74, 6) is 0.580. The number of amides is 1. The van der Waals surface area contributed by atoms with Crippen molar-refractivity contribution in [3.8, 4) is 5.75 Å². The number of hydrogen-bond acceptors (Lipinski definition) is 3. The number of methoxy groups -OCH3 is 1. The first-order valence-electron chi connectivity index (χ1n) is 6.92. The smallest absolute Gasteiger partial charge is 0.256 e. The van der Waals surface area contributed by atoms with E-state index in [1.54, 1.807) is 30.2 Å². The topological polar surface area (TPSA) is 55.6 Å². The number of nitrogens with zero attached hydrogens (tertiary/aromatic N) is 1. The Morgan fingerprint density at radius 1 is 1.19 bits per heavy atom. The highest BCUT2D eigenvalue weighted by Gasteiger charge is 2.17. The predicted octanol–water partition coefficient (Wildman–Crippen LogP) is 2.94. The molecular weight excluding hydrogens is 264 g/mol. The summed E-state index contributed by atoms with van der Waals surface area (Å²) in [6.45, 7) is 3.15. The van der Waals surface area contributed by atoms with Gasteiger partial charge >= 0.3 is 0 Å². The minimum Gasteiger partial charge on any atom is -0.497 e. The van der Waals surface area contributed by atoms with Gasteiger partial charge in [-0.25, -0.2) is 0 Å². The first kappa shape index (κ1) is 14.9. The van der Waals surface area contributed by atoms with Crippen LogP contribution in [0.15, 0.2) is 48.5 Å². The Kier molecular flexibility index (Phi) is 4.82. The van der Waals surface area contributed by atoms with Crippen molar-refractivity contribution in [3.05, 3.63) is 59.7 Å². The van der Waals surface area contributed by atoms with Gasteiger partial charge in [-0.15, -0.1) is 0 Å². The number of carbonyl (C=O) groups is 1. The average molecular weight is 284 g/mol. The van der Waals surface area contributed by atoms with Gasteiger partial charge in [0.05, 0.1) is 12.7 Å². The fraction of sp³-hybridized carbons (Fsp3) is 0.235. The number of rotatable bonds is 5. The molecular formula is C17H20N2O2. The minimum atomic E-state index is -0.0680. The highest BCUT2D eigenvalue weighted by molar-refractivity contribution is 5.99. The van der Waals surface area contributed by atoms with Gasteiger partial charge in [0.2, 0.25) is 0 Å². The molecule has 2 N–H and O–H groups in total. The molecule has 0 saturated carbocycles. The molecule has 0 radical (unpaired) electrons. The summed E-state index contributed by atoms with van der Waals surface area (Å²) in [5.41, 5.74) is 8.00. The summed E-state index contributed by atoms with van der Waals surface area (Å²) in [6, 6.07) is 15.0. The van der Waals surface area contributed by atoms with Crippen LogP contribution < -0.4 is 10.5 Å². The molecule has 0 aliphatic heterocycles. The van der Waals surface area contributed by atoms with Crippen molar-refractivity contribution >= 4 is 11.6 Å². The van der Waals surface area contributed by atoms with Gasteiger partial charge in [-0.2, -0.15) is 0 Å². The summed E-state index contributed by atoms with van der Waals surface area (Å²) >= 11 is 0. The highest BCUT2D eigenvalue weighted by atomic mass is 16.5. The van der Waals surface area contributed by atoms with E-state index in [1.807, 2.05) is 37.3 Å². The molecule has 0 aromatic heterocycles. The molecule has 0 aliphatic carbocycles. The Bertz CT molecular complexity index is 611. The summed E-state index contributed by atoms with van der Waals surface area (Å²) in [4.78, 5) is 14.4. The first-order valence-corrected chi connectivity index (χ1v) is 6.92. The number of hydrogen-bond donors (Lipinski definition) is 1. The second kappa shape index (κ2) is 6.79. The van der Waals surface area contributed by atoms with Crippen molar-refractivity contribution in [3.63, 3.8) is 0 Å². The van der Waals surface area contributed by atoms with Crippen LogP contribution in [0.2, 0.25) is 0 Å². The molecule has 0 spiro atoms. The molecule has 0 saturated heterocycles. The third-order valence-electron chi connectivity index (χ3n) is 3.37. The monoisotopic (exact) mass is 284 g/mol. The molecule has 2 aromatic rings. The van der Waals surface area contributed by atoms with Gasteiger partial charge in [0.25, 0.3) is 5.91 Å². The van der Waals surface area contributed by atoms with E-state index in [1.165, 1.54) is 0 Å². The van der Waals surface area contributed by atoms with E-state index in [9.17, 15) is 4.79 Å². The molecule has 2 aromatic carbocycles. The molecule has 0 aliphatic rings. The maximum Gasteiger partial charge on any atom is 0.256 e. The van der Waals surface area contributed by atoms with Gasteiger partial charge in [-0.3, -0.25) is 4.79 Å². The van der Waals surface area contributed by atoms with Crippen LogP contribution in [0.5, 0.6) is 5.75 Å². The van der Waals surface area contributed by atoms with Crippen LogP contribution in [0.3, 0.4) is 0 Å². The van der Waals surface area contributed by atoms with Crippen LogP contribution in [-0.2, 0) is 6.54 Å². The molecule has 110 valence electrons. The van der Waals surface area contributed by atoms with E-state index < -0.39 is 0 Å². The van der Waals surface area contributed by atoms with E-state index >= 15 is 0 Å². The maximum absolute atomic E-state index is 12.6. The van der Waals surface area contributed by atoms with Gasteiger partial charge in [0.15, 0.2) is 0 Å². The molecule has 21 heavy (non-hydrogen) atoms. The van der Waals surface area contributed by atoms with Crippen molar-refractivity contribution < 1.29 is 9.53 Å². The second-order valence-electron chi connectivity index (χ2n) is 4.76. The second-order valence-corrected chi connectivity index (χ2v) is 4.76. The Hall–Kier alpha value is -2.49. The van der Waals surface area contributed by atoms with Crippen LogP contribution in [0.4, 0.5) is 5.69 Å². The van der Waals surface area contributed by atoms with Crippen molar-refractivity contribution in [1.82, 2.24) is 4.90 Å². The average Bonchev–Trinajstić information content (AvgIpc) is 2.52. The normalized spacial score (nSPS) is 10.2. The van der Waals surface area contributed by atoms with E-state index in [4.69, 9.17) is 10.5 Å². The van der Waals surface area contributed by atoms with E-state index in [0.29, 0.717) is 30.1 Å². The molecule has 2 rings (SSSR count). The standard InChI is InChI=1S/C17H20N2O2/c1-3-19(12-13-7-5-4-6-8-13)17(20)15-10-9-14(21-2)11-16(15)18/h4-11H,3,12,18H2,1-2H3. The van der Waals surface area contributed by atoms with Crippen LogP contribution in [0, 0.1) is 0 Å². The van der Waals surface area contributed by atoms with Crippen LogP contribution in [0.25, 0.3) is 0 Å². The molecule has 4 heteroatoms. The molecule has 0 heterocycles. The van der Waals surface area contributed by atoms with Crippen molar-refractivity contribution in [2.45, 2.75) is 13.5 Å². The zero-order valence-electron chi connectivity index (χ0n) is 12.4. The number of carbonyl (C=O) groups excluding carboxylic acids is 1. The van der Waals surface area contributed by atoms with Crippen molar-refractivity contribution in [2.75, 3.05) is 19.4 Å². The zero-order valence-corrected chi connectivity index (χ0v) is 12.4. The van der Waals surface area contributed by atoms with Gasteiger partial charge in [-0.05, 0) is 24.6 Å². The maximum atomic E-state index is 12.6. The molecule has 0 atom stereocenters. The van der Waals surface area contributed by atoms with Crippen LogP contribution in [0.1, 0.15) is 22.8 Å². The van der Waals surface area contributed by atoms with Crippen LogP contribution >= 0.6 is 0 Å². The lowest BCUT2D eigenvalue weighted by atomic mass is 10.1. The van der Waals surface area contributed by atoms with Gasteiger partial charge < -0.3 is 15.4 Å². The molecule has 0 fully saturated rings. The zero-order chi connectivity index (χ0) is 15.2. The summed E-state index contributed by atoms with van der Waals surface area (Å²) in [7, 11) is 1.57. The molecule has 0 unspecified atom stereocenters. The fourth-order valence-corrected chi connectivity index (χ4v) is 2.16. The number of anilines is 1. The Labute approximate surface area is 125 Å². The summed E-state index contributed by atoms with van der Waals surface area (Å²) < 4.78 is 5.11. The van der Waals surface area contributed by atoms with Crippen LogP contribution in [-0.4, -0.2) is 24.5 Å². The SMILES string of the molecule is CCN(Cc1ccccc1)C(=O)c1ccc(OC)cc1N. The Morgan fingerprint density at radius 2 is 1.90 bits per heavy atom. The number of nitrogens with two attached hydrogens (primary N) is 1. The van der Waals surface area contributed by atoms with E-state index in [-0.39, 0.29) is 5.91 Å². The quantitative estimate of drug-likeness (QED) is 0.859. The molecule has 1 amide bonds. The number of ether oxygens (including phenoxy) is 1. The summed E-state index contributed by atoms with van der Waals surface area (Å²) in [5, 5.41) is 0. The third-order valence-corrected chi connectivity index (χ3v) is 3.37. The van der Waals surface area contributed by atoms with Gasteiger partial charge in [0.1, 0.15) is 5.75 Å². The lowest BCUT2D eigenvalue weighted by Crippen LogP contribution is -2.30. The van der Waals surface area contributed by atoms with Gasteiger partial charge in [-0.1, -0.05) is 30.3 Å². The Balaban J connectivity index is 2.20. The number of nitrogen functional groups attached to an aromatic ring is 1. The lowest BCUT2D eigenvalue weighted by Gasteiger charge is -2.22. The highest BCUT2D eigenvalue weighted by Crippen LogP contribution is 2.21. The van der Waals surface area contributed by atoms with Crippen molar-refractivity contribution in [2.24, 2.45) is 0 Å². The van der Waals surface area contributed by atoms with E-state index in [0.717, 1.165) is 5.56 Å².